The summed E-state index contributed by atoms with van der Waals surface area (Å²) in [6.45, 7) is 12.9. The molecule has 0 heterocycles. The van der Waals surface area contributed by atoms with E-state index in [9.17, 15) is 5.11 Å². The summed E-state index contributed by atoms with van der Waals surface area (Å²) in [4.78, 5) is 0. The van der Waals surface area contributed by atoms with E-state index in [4.69, 9.17) is 0 Å². The van der Waals surface area contributed by atoms with Crippen LogP contribution in [0.25, 0.3) is 0 Å². The van der Waals surface area contributed by atoms with Gasteiger partial charge in [-0.25, -0.2) is 0 Å². The van der Waals surface area contributed by atoms with E-state index < -0.39 is 0 Å². The van der Waals surface area contributed by atoms with Gasteiger partial charge in [0.25, 0.3) is 0 Å². The Bertz CT molecular complexity index is 485. The molecule has 1 saturated carbocycles. The van der Waals surface area contributed by atoms with E-state index in [0.717, 1.165) is 11.1 Å². The number of aromatic hydroxyl groups is 1. The molecule has 0 unspecified atom stereocenters. The first-order valence-electron chi connectivity index (χ1n) is 7.21. The van der Waals surface area contributed by atoms with Crippen LogP contribution in [0.4, 0.5) is 0 Å². The smallest absolute Gasteiger partial charge is 0.123 e. The van der Waals surface area contributed by atoms with Gasteiger partial charge in [-0.1, -0.05) is 52.3 Å². The van der Waals surface area contributed by atoms with Gasteiger partial charge in [0.05, 0.1) is 0 Å². The Kier molecular flexibility index (Phi) is 3.92. The summed E-state index contributed by atoms with van der Waals surface area (Å²) in [6, 6.07) is 4.21. The molecule has 1 aromatic rings. The average Bonchev–Trinajstić information content (AvgIpc) is 2.84. The lowest BCUT2D eigenvalue weighted by Crippen LogP contribution is -2.27. The van der Waals surface area contributed by atoms with Gasteiger partial charge in [0.15, 0.2) is 0 Å². The quantitative estimate of drug-likeness (QED) is 0.826. The Labute approximate surface area is 124 Å². The lowest BCUT2D eigenvalue weighted by Gasteiger charge is -2.34. The van der Waals surface area contributed by atoms with Crippen LogP contribution < -0.4 is 0 Å². The summed E-state index contributed by atoms with van der Waals surface area (Å²) in [5.74, 6) is 1.67. The molecule has 0 amide bonds. The van der Waals surface area contributed by atoms with Crippen molar-refractivity contribution in [3.05, 3.63) is 60.4 Å². The van der Waals surface area contributed by atoms with Gasteiger partial charge >= 0.3 is 0 Å². The first-order valence-corrected chi connectivity index (χ1v) is 7.21. The second-order valence-electron chi connectivity index (χ2n) is 7.26. The molecule has 20 heavy (non-hydrogen) atoms. The summed E-state index contributed by atoms with van der Waals surface area (Å²) in [5.41, 5.74) is 2.97. The third kappa shape index (κ3) is 2.73. The van der Waals surface area contributed by atoms with Crippen molar-refractivity contribution < 1.29 is 5.11 Å². The summed E-state index contributed by atoms with van der Waals surface area (Å²) in [5, 5.41) is 10.8. The van der Waals surface area contributed by atoms with Crippen LogP contribution in [0.3, 0.4) is 0 Å². The van der Waals surface area contributed by atoms with Gasteiger partial charge in [-0.15, -0.1) is 0 Å². The highest BCUT2D eigenvalue weighted by Gasteiger charge is 2.37. The molecule has 1 N–H and O–H groups in total. The van der Waals surface area contributed by atoms with Gasteiger partial charge in [-0.2, -0.15) is 0 Å². The number of hydrogen-bond donors (Lipinski definition) is 1. The zero-order valence-corrected chi connectivity index (χ0v) is 13.4. The van der Waals surface area contributed by atoms with Gasteiger partial charge in [-0.3, -0.25) is 0 Å². The van der Waals surface area contributed by atoms with Crippen LogP contribution in [0.15, 0.2) is 12.1 Å². The van der Waals surface area contributed by atoms with Crippen molar-refractivity contribution in [1.29, 1.82) is 0 Å². The molecule has 0 bridgehead atoms. The van der Waals surface area contributed by atoms with E-state index in [2.05, 4.69) is 79.4 Å². The summed E-state index contributed by atoms with van der Waals surface area (Å²) in [6.07, 6.45) is 8.35. The highest BCUT2D eigenvalue weighted by molar-refractivity contribution is 5.55. The fraction of sp³-hybridized carbons (Fsp3) is 0.421. The van der Waals surface area contributed by atoms with Crippen molar-refractivity contribution in [1.82, 2.24) is 0 Å². The molecule has 0 spiro atoms. The molecule has 1 heteroatoms. The maximum Gasteiger partial charge on any atom is 0.123 e. The zero-order chi connectivity index (χ0) is 15.1. The number of rotatable bonds is 2. The van der Waals surface area contributed by atoms with E-state index in [0.29, 0.717) is 5.75 Å². The van der Waals surface area contributed by atoms with E-state index >= 15 is 0 Å². The van der Waals surface area contributed by atoms with E-state index in [1.54, 1.807) is 0 Å². The maximum atomic E-state index is 10.8. The van der Waals surface area contributed by atoms with Crippen LogP contribution in [0.5, 0.6) is 5.75 Å². The zero-order valence-electron chi connectivity index (χ0n) is 13.4. The molecule has 5 radical (unpaired) electrons. The molecule has 1 fully saturated rings. The van der Waals surface area contributed by atoms with E-state index in [-0.39, 0.29) is 10.8 Å². The van der Waals surface area contributed by atoms with Crippen LogP contribution in [0.1, 0.15) is 51.3 Å². The molecule has 0 atom stereocenters. The van der Waals surface area contributed by atoms with Crippen molar-refractivity contribution >= 4 is 0 Å². The number of benzene rings is 1. The summed E-state index contributed by atoms with van der Waals surface area (Å²) in [7, 11) is 0. The molecule has 0 saturated heterocycles. The third-order valence-electron chi connectivity index (χ3n) is 4.12. The van der Waals surface area contributed by atoms with Crippen LogP contribution in [0, 0.1) is 38.5 Å². The number of aryl methyl sites for hydroxylation is 1. The largest absolute Gasteiger partial charge is 0.507 e. The Morgan fingerprint density at radius 3 is 1.85 bits per heavy atom. The Morgan fingerprint density at radius 2 is 1.35 bits per heavy atom. The summed E-state index contributed by atoms with van der Waals surface area (Å²) >= 11 is 0. The van der Waals surface area contributed by atoms with Gasteiger partial charge < -0.3 is 5.11 Å². The van der Waals surface area contributed by atoms with Gasteiger partial charge in [0.1, 0.15) is 5.75 Å². The minimum Gasteiger partial charge on any atom is -0.507 e. The number of hydrogen-bond acceptors (Lipinski definition) is 1. The first kappa shape index (κ1) is 15.4. The van der Waals surface area contributed by atoms with Gasteiger partial charge in [0.2, 0.25) is 0 Å². The van der Waals surface area contributed by atoms with Crippen LogP contribution in [-0.4, -0.2) is 5.11 Å². The lowest BCUT2D eigenvalue weighted by molar-refractivity contribution is 0.422. The second-order valence-corrected chi connectivity index (χ2v) is 7.26. The van der Waals surface area contributed by atoms with Gasteiger partial charge in [-0.05, 0) is 49.5 Å². The van der Waals surface area contributed by atoms with Crippen molar-refractivity contribution in [2.24, 2.45) is 0 Å². The SMILES string of the molecule is Cc1cc(C(C)(C)C)c(O)c(C(C)(C)[C]2[CH][CH][CH][CH]2)c1. The second kappa shape index (κ2) is 5.09. The standard InChI is InChI=1S/C19H25O/c1-13-11-15(18(2,3)4)17(20)16(12-13)19(5,6)14-9-7-8-10-14/h7-12,20H,1-6H3. The molecule has 1 aliphatic carbocycles. The number of phenolic OH excluding ortho intramolecular Hbond substituents is 1. The fourth-order valence-corrected chi connectivity index (χ4v) is 2.77. The van der Waals surface area contributed by atoms with Crippen LogP contribution >= 0.6 is 0 Å². The Balaban J connectivity index is 2.53. The molecule has 1 nitrogen and oxygen atoms in total. The molecule has 1 aromatic carbocycles. The topological polar surface area (TPSA) is 20.2 Å². The Hall–Kier alpha value is -0.980. The van der Waals surface area contributed by atoms with Crippen LogP contribution in [-0.2, 0) is 10.8 Å². The minimum atomic E-state index is -0.195. The highest BCUT2D eigenvalue weighted by Crippen LogP contribution is 2.47. The molecular weight excluding hydrogens is 244 g/mol. The highest BCUT2D eigenvalue weighted by atomic mass is 16.3. The lowest BCUT2D eigenvalue weighted by atomic mass is 9.70. The summed E-state index contributed by atoms with van der Waals surface area (Å²) < 4.78 is 0. The molecule has 0 aliphatic heterocycles. The molecule has 1 aliphatic rings. The molecule has 0 aromatic heterocycles. The van der Waals surface area contributed by atoms with E-state index in [1.165, 1.54) is 11.5 Å². The third-order valence-corrected chi connectivity index (χ3v) is 4.12. The minimum absolute atomic E-state index is 0.0625. The predicted octanol–water partition coefficient (Wildman–Crippen LogP) is 4.68. The van der Waals surface area contributed by atoms with Crippen molar-refractivity contribution in [3.63, 3.8) is 0 Å². The average molecular weight is 269 g/mol. The Morgan fingerprint density at radius 1 is 0.850 bits per heavy atom. The van der Waals surface area contributed by atoms with E-state index in [1.807, 2.05) is 0 Å². The van der Waals surface area contributed by atoms with Crippen molar-refractivity contribution in [3.8, 4) is 5.75 Å². The number of phenols is 1. The normalized spacial score (nSPS) is 17.7. The van der Waals surface area contributed by atoms with Gasteiger partial charge in [0, 0.05) is 11.0 Å². The predicted molar refractivity (Wildman–Crippen MR) is 85.0 cm³/mol. The van der Waals surface area contributed by atoms with Crippen LogP contribution in [0.2, 0.25) is 0 Å². The fourth-order valence-electron chi connectivity index (χ4n) is 2.77. The molecular formula is C19H25O. The maximum absolute atomic E-state index is 10.8. The van der Waals surface area contributed by atoms with Crippen molar-refractivity contribution in [2.45, 2.75) is 52.4 Å². The monoisotopic (exact) mass is 269 g/mol. The molecule has 2 rings (SSSR count). The first-order chi connectivity index (χ1) is 9.14. The molecule has 107 valence electrons. The van der Waals surface area contributed by atoms with Crippen molar-refractivity contribution in [2.75, 3.05) is 0 Å².